The molecule has 1 rings (SSSR count). The largest absolute Gasteiger partial charge is 0.355 e. The Morgan fingerprint density at radius 2 is 2.12 bits per heavy atom. The molecule has 0 saturated heterocycles. The fourth-order valence-electron chi connectivity index (χ4n) is 1.12. The Bertz CT molecular complexity index is 436. The van der Waals surface area contributed by atoms with Crippen LogP contribution in [0.2, 0.25) is 5.02 Å². The van der Waals surface area contributed by atoms with Gasteiger partial charge in [-0.2, -0.15) is 0 Å². The van der Waals surface area contributed by atoms with Crippen LogP contribution in [0.5, 0.6) is 0 Å². The van der Waals surface area contributed by atoms with Crippen molar-refractivity contribution in [2.24, 2.45) is 0 Å². The summed E-state index contributed by atoms with van der Waals surface area (Å²) in [6.45, 7) is 3.86. The molecule has 92 valence electrons. The number of hydrogen-bond donors (Lipinski definition) is 2. The predicted molar refractivity (Wildman–Crippen MR) is 62.8 cm³/mol. The summed E-state index contributed by atoms with van der Waals surface area (Å²) in [5, 5.41) is 5.14. The van der Waals surface area contributed by atoms with Gasteiger partial charge in [0.1, 0.15) is 11.5 Å². The molecule has 6 nitrogen and oxygen atoms in total. The Kier molecular flexibility index (Phi) is 4.84. The zero-order chi connectivity index (χ0) is 12.8. The van der Waals surface area contributed by atoms with Crippen molar-refractivity contribution in [1.29, 1.82) is 0 Å². The summed E-state index contributed by atoms with van der Waals surface area (Å²) in [5.41, 5.74) is 0.0727. The number of rotatable bonds is 4. The summed E-state index contributed by atoms with van der Waals surface area (Å²) < 4.78 is 0. The van der Waals surface area contributed by atoms with E-state index in [-0.39, 0.29) is 23.2 Å². The molecule has 0 aliphatic heterocycles. The van der Waals surface area contributed by atoms with E-state index in [9.17, 15) is 9.59 Å². The van der Waals surface area contributed by atoms with Crippen molar-refractivity contribution >= 4 is 23.4 Å². The van der Waals surface area contributed by atoms with E-state index in [4.69, 9.17) is 11.6 Å². The van der Waals surface area contributed by atoms with E-state index in [1.165, 1.54) is 6.20 Å². The van der Waals surface area contributed by atoms with Gasteiger partial charge in [0.05, 0.1) is 17.8 Å². The van der Waals surface area contributed by atoms with Gasteiger partial charge in [-0.05, 0) is 13.8 Å². The molecule has 0 atom stereocenters. The minimum absolute atomic E-state index is 0.0727. The lowest BCUT2D eigenvalue weighted by Crippen LogP contribution is -2.37. The quantitative estimate of drug-likeness (QED) is 0.812. The van der Waals surface area contributed by atoms with Gasteiger partial charge < -0.3 is 10.6 Å². The molecule has 1 aromatic rings. The molecule has 0 radical (unpaired) electrons. The Labute approximate surface area is 104 Å². The standard InChI is InChI=1S/C10H13ClN4O2/c1-3-12-8(16)5-14-10(17)9-7(11)4-13-6(2)15-9/h4H,3,5H2,1-2H3,(H,12,16)(H,14,17). The topological polar surface area (TPSA) is 84.0 Å². The molecule has 0 saturated carbocycles. The van der Waals surface area contributed by atoms with Crippen molar-refractivity contribution in [3.05, 3.63) is 22.7 Å². The lowest BCUT2D eigenvalue weighted by Gasteiger charge is -2.06. The van der Waals surface area contributed by atoms with Crippen molar-refractivity contribution in [3.63, 3.8) is 0 Å². The molecular formula is C10H13ClN4O2. The smallest absolute Gasteiger partial charge is 0.272 e. The second-order valence-corrected chi connectivity index (χ2v) is 3.66. The maximum Gasteiger partial charge on any atom is 0.272 e. The van der Waals surface area contributed by atoms with E-state index in [1.54, 1.807) is 13.8 Å². The lowest BCUT2D eigenvalue weighted by molar-refractivity contribution is -0.120. The fourth-order valence-corrected chi connectivity index (χ4v) is 1.30. The second-order valence-electron chi connectivity index (χ2n) is 3.25. The van der Waals surface area contributed by atoms with E-state index in [1.807, 2.05) is 0 Å². The molecule has 0 spiro atoms. The van der Waals surface area contributed by atoms with Gasteiger partial charge in [-0.3, -0.25) is 9.59 Å². The van der Waals surface area contributed by atoms with E-state index in [0.29, 0.717) is 12.4 Å². The highest BCUT2D eigenvalue weighted by molar-refractivity contribution is 6.33. The van der Waals surface area contributed by atoms with Crippen LogP contribution in [0.3, 0.4) is 0 Å². The molecule has 0 fully saturated rings. The van der Waals surface area contributed by atoms with Gasteiger partial charge in [0, 0.05) is 6.54 Å². The van der Waals surface area contributed by atoms with Crippen LogP contribution in [-0.4, -0.2) is 34.9 Å². The molecule has 0 aliphatic rings. The van der Waals surface area contributed by atoms with E-state index < -0.39 is 5.91 Å². The fraction of sp³-hybridized carbons (Fsp3) is 0.400. The summed E-state index contributed by atoms with van der Waals surface area (Å²) in [6, 6.07) is 0. The molecule has 0 unspecified atom stereocenters. The van der Waals surface area contributed by atoms with Crippen molar-refractivity contribution in [2.45, 2.75) is 13.8 Å². The third kappa shape index (κ3) is 3.99. The lowest BCUT2D eigenvalue weighted by atomic mass is 10.3. The van der Waals surface area contributed by atoms with Crippen LogP contribution in [-0.2, 0) is 4.79 Å². The van der Waals surface area contributed by atoms with Crippen molar-refractivity contribution < 1.29 is 9.59 Å². The first kappa shape index (κ1) is 13.4. The van der Waals surface area contributed by atoms with Crippen LogP contribution < -0.4 is 10.6 Å². The number of amides is 2. The minimum Gasteiger partial charge on any atom is -0.355 e. The highest BCUT2D eigenvalue weighted by atomic mass is 35.5. The molecule has 0 aliphatic carbocycles. The molecule has 2 amide bonds. The Morgan fingerprint density at radius 3 is 2.76 bits per heavy atom. The number of aromatic nitrogens is 2. The van der Waals surface area contributed by atoms with E-state index >= 15 is 0 Å². The molecule has 17 heavy (non-hydrogen) atoms. The van der Waals surface area contributed by atoms with Gasteiger partial charge in [-0.1, -0.05) is 11.6 Å². The highest BCUT2D eigenvalue weighted by Gasteiger charge is 2.13. The first-order valence-electron chi connectivity index (χ1n) is 5.08. The molecule has 0 bridgehead atoms. The Hall–Kier alpha value is -1.69. The zero-order valence-electron chi connectivity index (χ0n) is 9.58. The SMILES string of the molecule is CCNC(=O)CNC(=O)c1nc(C)ncc1Cl. The summed E-state index contributed by atoms with van der Waals surface area (Å²) >= 11 is 5.78. The van der Waals surface area contributed by atoms with Gasteiger partial charge >= 0.3 is 0 Å². The average molecular weight is 257 g/mol. The van der Waals surface area contributed by atoms with Crippen molar-refractivity contribution in [2.75, 3.05) is 13.1 Å². The normalized spacial score (nSPS) is 9.82. The number of nitrogens with one attached hydrogen (secondary N) is 2. The van der Waals surface area contributed by atoms with Gasteiger partial charge in [0.2, 0.25) is 5.91 Å². The number of carbonyl (C=O) groups excluding carboxylic acids is 2. The van der Waals surface area contributed by atoms with Crippen LogP contribution in [0.4, 0.5) is 0 Å². The summed E-state index contributed by atoms with van der Waals surface area (Å²) in [4.78, 5) is 30.6. The van der Waals surface area contributed by atoms with Crippen LogP contribution in [0.15, 0.2) is 6.20 Å². The molecule has 7 heteroatoms. The van der Waals surface area contributed by atoms with Crippen molar-refractivity contribution in [3.8, 4) is 0 Å². The van der Waals surface area contributed by atoms with Gasteiger partial charge in [-0.25, -0.2) is 9.97 Å². The van der Waals surface area contributed by atoms with E-state index in [2.05, 4.69) is 20.6 Å². The van der Waals surface area contributed by atoms with Gasteiger partial charge in [0.15, 0.2) is 0 Å². The van der Waals surface area contributed by atoms with Gasteiger partial charge in [0.25, 0.3) is 5.91 Å². The minimum atomic E-state index is -0.494. The molecule has 0 aromatic carbocycles. The maximum absolute atomic E-state index is 11.7. The molecular weight excluding hydrogens is 244 g/mol. The van der Waals surface area contributed by atoms with E-state index in [0.717, 1.165) is 0 Å². The number of nitrogens with zero attached hydrogens (tertiary/aromatic N) is 2. The third-order valence-corrected chi connectivity index (χ3v) is 2.14. The van der Waals surface area contributed by atoms with Gasteiger partial charge in [-0.15, -0.1) is 0 Å². The molecule has 2 N–H and O–H groups in total. The predicted octanol–water partition coefficient (Wildman–Crippen LogP) is 0.304. The van der Waals surface area contributed by atoms with Crippen LogP contribution in [0.25, 0.3) is 0 Å². The Balaban J connectivity index is 2.64. The summed E-state index contributed by atoms with van der Waals surface area (Å²) in [7, 11) is 0. The highest BCUT2D eigenvalue weighted by Crippen LogP contribution is 2.11. The van der Waals surface area contributed by atoms with Crippen LogP contribution >= 0.6 is 11.6 Å². The zero-order valence-corrected chi connectivity index (χ0v) is 10.3. The number of aryl methyl sites for hydroxylation is 1. The third-order valence-electron chi connectivity index (χ3n) is 1.86. The average Bonchev–Trinajstić information content (AvgIpc) is 2.29. The molecule has 1 heterocycles. The summed E-state index contributed by atoms with van der Waals surface area (Å²) in [5.74, 6) is -0.313. The number of carbonyl (C=O) groups is 2. The number of halogens is 1. The first-order valence-corrected chi connectivity index (χ1v) is 5.46. The first-order chi connectivity index (χ1) is 8.04. The summed E-state index contributed by atoms with van der Waals surface area (Å²) in [6.07, 6.45) is 1.35. The van der Waals surface area contributed by atoms with Crippen molar-refractivity contribution in [1.82, 2.24) is 20.6 Å². The second kappa shape index (κ2) is 6.15. The van der Waals surface area contributed by atoms with Crippen LogP contribution in [0.1, 0.15) is 23.2 Å². The molecule has 1 aromatic heterocycles. The Morgan fingerprint density at radius 1 is 1.41 bits per heavy atom. The van der Waals surface area contributed by atoms with Crippen LogP contribution in [0, 0.1) is 6.92 Å². The number of likely N-dealkylation sites (N-methyl/N-ethyl adjacent to an activating group) is 1. The number of hydrogen-bond acceptors (Lipinski definition) is 4. The monoisotopic (exact) mass is 256 g/mol. The maximum atomic E-state index is 11.7.